The fourth-order valence-electron chi connectivity index (χ4n) is 2.94. The largest absolute Gasteiger partial charge is 0.494 e. The van der Waals surface area contributed by atoms with Crippen molar-refractivity contribution in [1.29, 1.82) is 0 Å². The summed E-state index contributed by atoms with van der Waals surface area (Å²) in [6, 6.07) is 6.13. The van der Waals surface area contributed by atoms with Crippen molar-refractivity contribution in [1.82, 2.24) is 10.2 Å². The van der Waals surface area contributed by atoms with E-state index in [4.69, 9.17) is 14.5 Å². The molecule has 1 atom stereocenters. The molecule has 0 bridgehead atoms. The number of aliphatic imine (C=N–C) groups is 1. The van der Waals surface area contributed by atoms with E-state index < -0.39 is 0 Å². The molecule has 0 saturated carbocycles. The van der Waals surface area contributed by atoms with Gasteiger partial charge in [-0.25, -0.2) is 4.39 Å². The predicted octanol–water partition coefficient (Wildman–Crippen LogP) is 2.92. The van der Waals surface area contributed by atoms with Gasteiger partial charge in [0.05, 0.1) is 13.2 Å². The first-order valence-electron chi connectivity index (χ1n) is 9.13. The summed E-state index contributed by atoms with van der Waals surface area (Å²) in [6.07, 6.45) is 3.04. The summed E-state index contributed by atoms with van der Waals surface area (Å²) in [5.74, 6) is 2.06. The molecular formula is C19H30FN3O2. The van der Waals surface area contributed by atoms with Crippen LogP contribution in [0.3, 0.4) is 0 Å². The number of methoxy groups -OCH3 is 1. The zero-order chi connectivity index (χ0) is 17.9. The van der Waals surface area contributed by atoms with E-state index in [1.807, 2.05) is 0 Å². The van der Waals surface area contributed by atoms with E-state index in [1.54, 1.807) is 19.2 Å². The summed E-state index contributed by atoms with van der Waals surface area (Å²) in [4.78, 5) is 7.05. The molecule has 25 heavy (non-hydrogen) atoms. The van der Waals surface area contributed by atoms with Gasteiger partial charge in [0.15, 0.2) is 5.96 Å². The predicted molar refractivity (Wildman–Crippen MR) is 98.7 cm³/mol. The lowest BCUT2D eigenvalue weighted by atomic mass is 10.1. The molecule has 1 fully saturated rings. The first-order valence-corrected chi connectivity index (χ1v) is 9.13. The van der Waals surface area contributed by atoms with E-state index in [1.165, 1.54) is 12.1 Å². The minimum absolute atomic E-state index is 0.243. The Morgan fingerprint density at radius 1 is 1.32 bits per heavy atom. The van der Waals surface area contributed by atoms with Crippen LogP contribution in [0.5, 0.6) is 5.75 Å². The standard InChI is InChI=1S/C19H30FN3O2/c1-3-21-19(23-12-10-16(14-23)15-24-2)22-11-4-5-13-25-18-8-6-17(20)7-9-18/h6-9,16H,3-5,10-15H2,1-2H3,(H,21,22). The third-order valence-electron chi connectivity index (χ3n) is 4.22. The van der Waals surface area contributed by atoms with Crippen LogP contribution in [0.25, 0.3) is 0 Å². The Hall–Kier alpha value is -1.82. The van der Waals surface area contributed by atoms with Gasteiger partial charge in [-0.15, -0.1) is 0 Å². The Bertz CT molecular complexity index is 522. The Morgan fingerprint density at radius 3 is 2.84 bits per heavy atom. The van der Waals surface area contributed by atoms with E-state index in [0.717, 1.165) is 58.0 Å². The van der Waals surface area contributed by atoms with Gasteiger partial charge in [0, 0.05) is 39.2 Å². The topological polar surface area (TPSA) is 46.1 Å². The molecule has 1 aromatic rings. The smallest absolute Gasteiger partial charge is 0.193 e. The van der Waals surface area contributed by atoms with E-state index in [0.29, 0.717) is 18.3 Å². The van der Waals surface area contributed by atoms with Crippen LogP contribution in [-0.4, -0.2) is 57.4 Å². The van der Waals surface area contributed by atoms with Gasteiger partial charge in [-0.05, 0) is 50.5 Å². The zero-order valence-electron chi connectivity index (χ0n) is 15.3. The number of benzene rings is 1. The van der Waals surface area contributed by atoms with E-state index in [9.17, 15) is 4.39 Å². The van der Waals surface area contributed by atoms with Gasteiger partial charge >= 0.3 is 0 Å². The molecule has 1 heterocycles. The number of unbranched alkanes of at least 4 members (excludes halogenated alkanes) is 1. The number of ether oxygens (including phenoxy) is 2. The first kappa shape index (κ1) is 19.5. The van der Waals surface area contributed by atoms with Gasteiger partial charge < -0.3 is 19.7 Å². The molecule has 1 N–H and O–H groups in total. The molecule has 140 valence electrons. The third-order valence-corrected chi connectivity index (χ3v) is 4.22. The molecule has 1 unspecified atom stereocenters. The summed E-state index contributed by atoms with van der Waals surface area (Å²) >= 11 is 0. The van der Waals surface area contributed by atoms with Gasteiger partial charge in [0.25, 0.3) is 0 Å². The molecular weight excluding hydrogens is 321 g/mol. The lowest BCUT2D eigenvalue weighted by molar-refractivity contribution is 0.157. The molecule has 0 amide bonds. The first-order chi connectivity index (χ1) is 12.2. The van der Waals surface area contributed by atoms with Crippen molar-refractivity contribution in [2.45, 2.75) is 26.2 Å². The van der Waals surface area contributed by atoms with Crippen molar-refractivity contribution in [3.8, 4) is 5.75 Å². The molecule has 0 spiro atoms. The molecule has 0 aliphatic carbocycles. The van der Waals surface area contributed by atoms with E-state index in [-0.39, 0.29) is 5.82 Å². The van der Waals surface area contributed by atoms with Crippen molar-refractivity contribution in [3.05, 3.63) is 30.1 Å². The molecule has 0 radical (unpaired) electrons. The highest BCUT2D eigenvalue weighted by Crippen LogP contribution is 2.16. The minimum Gasteiger partial charge on any atom is -0.494 e. The SMILES string of the molecule is CCNC(=NCCCCOc1ccc(F)cc1)N1CCC(COC)C1. The molecule has 1 aromatic carbocycles. The maximum Gasteiger partial charge on any atom is 0.193 e. The Labute approximate surface area is 150 Å². The van der Waals surface area contributed by atoms with Gasteiger partial charge in [-0.3, -0.25) is 4.99 Å². The summed E-state index contributed by atoms with van der Waals surface area (Å²) in [7, 11) is 1.76. The number of guanidine groups is 1. The Balaban J connectivity index is 1.68. The summed E-state index contributed by atoms with van der Waals surface area (Å²) in [5.41, 5.74) is 0. The van der Waals surface area contributed by atoms with Gasteiger partial charge in [-0.1, -0.05) is 0 Å². The van der Waals surface area contributed by atoms with Gasteiger partial charge in [0.2, 0.25) is 0 Å². The normalized spacial score (nSPS) is 17.8. The van der Waals surface area contributed by atoms with Crippen LogP contribution in [-0.2, 0) is 4.74 Å². The lowest BCUT2D eigenvalue weighted by Gasteiger charge is -2.21. The average molecular weight is 351 g/mol. The van der Waals surface area contributed by atoms with Crippen LogP contribution in [0.1, 0.15) is 26.2 Å². The second-order valence-electron chi connectivity index (χ2n) is 6.30. The monoisotopic (exact) mass is 351 g/mol. The maximum atomic E-state index is 12.8. The average Bonchev–Trinajstić information content (AvgIpc) is 3.07. The second-order valence-corrected chi connectivity index (χ2v) is 6.30. The fourth-order valence-corrected chi connectivity index (χ4v) is 2.94. The lowest BCUT2D eigenvalue weighted by Crippen LogP contribution is -2.40. The number of nitrogens with zero attached hydrogens (tertiary/aromatic N) is 2. The molecule has 1 aliphatic heterocycles. The van der Waals surface area contributed by atoms with Crippen molar-refractivity contribution in [2.24, 2.45) is 10.9 Å². The third kappa shape index (κ3) is 6.90. The molecule has 2 rings (SSSR count). The summed E-state index contributed by atoms with van der Waals surface area (Å²) in [6.45, 7) is 7.22. The fraction of sp³-hybridized carbons (Fsp3) is 0.632. The van der Waals surface area contributed by atoms with Crippen LogP contribution in [0, 0.1) is 11.7 Å². The number of hydrogen-bond donors (Lipinski definition) is 1. The van der Waals surface area contributed by atoms with E-state index >= 15 is 0 Å². The zero-order valence-corrected chi connectivity index (χ0v) is 15.3. The number of nitrogens with one attached hydrogen (secondary N) is 1. The number of halogens is 1. The molecule has 1 saturated heterocycles. The number of rotatable bonds is 9. The van der Waals surface area contributed by atoms with Crippen LogP contribution < -0.4 is 10.1 Å². The van der Waals surface area contributed by atoms with Crippen molar-refractivity contribution in [3.63, 3.8) is 0 Å². The van der Waals surface area contributed by atoms with Crippen LogP contribution in [0.15, 0.2) is 29.3 Å². The highest BCUT2D eigenvalue weighted by molar-refractivity contribution is 5.80. The van der Waals surface area contributed by atoms with E-state index in [2.05, 4.69) is 17.1 Å². The summed E-state index contributed by atoms with van der Waals surface area (Å²) < 4.78 is 23.7. The van der Waals surface area contributed by atoms with Crippen molar-refractivity contribution < 1.29 is 13.9 Å². The van der Waals surface area contributed by atoms with Crippen LogP contribution >= 0.6 is 0 Å². The number of likely N-dealkylation sites (tertiary alicyclic amines) is 1. The van der Waals surface area contributed by atoms with Crippen LogP contribution in [0.2, 0.25) is 0 Å². The molecule has 6 heteroatoms. The molecule has 1 aliphatic rings. The second kappa shape index (κ2) is 10.9. The molecule has 0 aromatic heterocycles. The highest BCUT2D eigenvalue weighted by Gasteiger charge is 2.24. The summed E-state index contributed by atoms with van der Waals surface area (Å²) in [5, 5.41) is 3.38. The van der Waals surface area contributed by atoms with Crippen molar-refractivity contribution in [2.75, 3.05) is 46.5 Å². The highest BCUT2D eigenvalue weighted by atomic mass is 19.1. The molecule has 5 nitrogen and oxygen atoms in total. The minimum atomic E-state index is -0.243. The van der Waals surface area contributed by atoms with Gasteiger partial charge in [-0.2, -0.15) is 0 Å². The van der Waals surface area contributed by atoms with Gasteiger partial charge in [0.1, 0.15) is 11.6 Å². The number of hydrogen-bond acceptors (Lipinski definition) is 3. The quantitative estimate of drug-likeness (QED) is 0.422. The Morgan fingerprint density at radius 2 is 2.12 bits per heavy atom. The Kier molecular flexibility index (Phi) is 8.52. The van der Waals surface area contributed by atoms with Crippen LogP contribution in [0.4, 0.5) is 4.39 Å². The van der Waals surface area contributed by atoms with Crippen molar-refractivity contribution >= 4 is 5.96 Å². The maximum absolute atomic E-state index is 12.8.